The summed E-state index contributed by atoms with van der Waals surface area (Å²) in [5.74, 6) is 0.749. The van der Waals surface area contributed by atoms with Crippen LogP contribution in [0.4, 0.5) is 5.95 Å². The molecule has 0 N–H and O–H groups in total. The number of anilines is 1. The molecule has 0 unspecified atom stereocenters. The lowest BCUT2D eigenvalue weighted by Gasteiger charge is -2.20. The number of nitrogens with zero attached hydrogens (tertiary/aromatic N) is 3. The summed E-state index contributed by atoms with van der Waals surface area (Å²) in [7, 11) is 1.97. The van der Waals surface area contributed by atoms with Crippen molar-refractivity contribution in [2.75, 3.05) is 11.9 Å². The Kier molecular flexibility index (Phi) is 2.41. The normalized spacial score (nSPS) is 10.2. The van der Waals surface area contributed by atoms with Gasteiger partial charge in [0.25, 0.3) is 0 Å². The number of rotatable bonds is 2. The molecule has 0 bridgehead atoms. The van der Waals surface area contributed by atoms with Crippen molar-refractivity contribution in [2.45, 2.75) is 19.9 Å². The first-order chi connectivity index (χ1) is 5.22. The average molecular weight is 150 g/mol. The Hall–Kier alpha value is -1.12. The number of hydrogen-bond acceptors (Lipinski definition) is 3. The second-order valence-electron chi connectivity index (χ2n) is 2.69. The van der Waals surface area contributed by atoms with Crippen molar-refractivity contribution in [1.29, 1.82) is 0 Å². The van der Waals surface area contributed by atoms with Gasteiger partial charge < -0.3 is 4.90 Å². The Morgan fingerprint density at radius 1 is 1.36 bits per heavy atom. The van der Waals surface area contributed by atoms with Crippen molar-refractivity contribution in [2.24, 2.45) is 0 Å². The third-order valence-corrected chi connectivity index (χ3v) is 1.60. The molecule has 0 spiro atoms. The van der Waals surface area contributed by atoms with Gasteiger partial charge in [0, 0.05) is 31.5 Å². The molecule has 59 valence electrons. The predicted octanol–water partition coefficient (Wildman–Crippen LogP) is 1.12. The van der Waals surface area contributed by atoms with Crippen LogP contribution in [0, 0.1) is 6.07 Å². The van der Waals surface area contributed by atoms with Crippen molar-refractivity contribution in [1.82, 2.24) is 9.97 Å². The molecular formula is C8H12N3. The van der Waals surface area contributed by atoms with E-state index < -0.39 is 0 Å². The van der Waals surface area contributed by atoms with Gasteiger partial charge in [-0.3, -0.25) is 0 Å². The van der Waals surface area contributed by atoms with Gasteiger partial charge in [0.1, 0.15) is 0 Å². The quantitative estimate of drug-likeness (QED) is 0.632. The third-order valence-electron chi connectivity index (χ3n) is 1.60. The highest BCUT2D eigenvalue weighted by Gasteiger charge is 2.05. The third kappa shape index (κ3) is 1.90. The maximum Gasteiger partial charge on any atom is 0.225 e. The van der Waals surface area contributed by atoms with Crippen LogP contribution in [0.2, 0.25) is 0 Å². The minimum atomic E-state index is 0.428. The van der Waals surface area contributed by atoms with E-state index in [2.05, 4.69) is 29.9 Å². The monoisotopic (exact) mass is 150 g/mol. The topological polar surface area (TPSA) is 29.0 Å². The summed E-state index contributed by atoms with van der Waals surface area (Å²) in [5, 5.41) is 0. The lowest BCUT2D eigenvalue weighted by Crippen LogP contribution is -2.27. The second kappa shape index (κ2) is 3.32. The Labute approximate surface area is 67.1 Å². The van der Waals surface area contributed by atoms with Crippen molar-refractivity contribution in [3.63, 3.8) is 0 Å². The van der Waals surface area contributed by atoms with Crippen molar-refractivity contribution < 1.29 is 0 Å². The van der Waals surface area contributed by atoms with Gasteiger partial charge in [-0.15, -0.1) is 0 Å². The Morgan fingerprint density at radius 2 is 1.91 bits per heavy atom. The van der Waals surface area contributed by atoms with Crippen LogP contribution in [-0.4, -0.2) is 23.1 Å². The molecule has 1 radical (unpaired) electrons. The van der Waals surface area contributed by atoms with Gasteiger partial charge in [0.15, 0.2) is 0 Å². The minimum absolute atomic E-state index is 0.428. The van der Waals surface area contributed by atoms with E-state index in [4.69, 9.17) is 0 Å². The molecule has 1 aromatic rings. The van der Waals surface area contributed by atoms with Gasteiger partial charge in [-0.05, 0) is 13.8 Å². The van der Waals surface area contributed by atoms with Gasteiger partial charge in [0.2, 0.25) is 5.95 Å². The highest BCUT2D eigenvalue weighted by Crippen LogP contribution is 2.04. The summed E-state index contributed by atoms with van der Waals surface area (Å²) in [6.45, 7) is 4.19. The van der Waals surface area contributed by atoms with Crippen molar-refractivity contribution in [3.05, 3.63) is 18.5 Å². The van der Waals surface area contributed by atoms with Gasteiger partial charge in [-0.25, -0.2) is 9.97 Å². The summed E-state index contributed by atoms with van der Waals surface area (Å²) in [5.41, 5.74) is 0. The van der Waals surface area contributed by atoms with Crippen LogP contribution in [0.3, 0.4) is 0 Å². The molecule has 0 aliphatic heterocycles. The van der Waals surface area contributed by atoms with Crippen LogP contribution in [-0.2, 0) is 0 Å². The molecule has 1 rings (SSSR count). The fraction of sp³-hybridized carbons (Fsp3) is 0.500. The second-order valence-corrected chi connectivity index (χ2v) is 2.69. The van der Waals surface area contributed by atoms with Gasteiger partial charge in [-0.1, -0.05) is 0 Å². The van der Waals surface area contributed by atoms with Crippen molar-refractivity contribution >= 4 is 5.95 Å². The summed E-state index contributed by atoms with van der Waals surface area (Å²) < 4.78 is 0. The summed E-state index contributed by atoms with van der Waals surface area (Å²) >= 11 is 0. The van der Waals surface area contributed by atoms with Gasteiger partial charge in [0.05, 0.1) is 0 Å². The predicted molar refractivity (Wildman–Crippen MR) is 44.4 cm³/mol. The molecule has 11 heavy (non-hydrogen) atoms. The van der Waals surface area contributed by atoms with Gasteiger partial charge in [-0.2, -0.15) is 0 Å². The lowest BCUT2D eigenvalue weighted by atomic mass is 10.4. The zero-order chi connectivity index (χ0) is 8.27. The molecule has 1 heterocycles. The van der Waals surface area contributed by atoms with E-state index in [-0.39, 0.29) is 0 Å². The fourth-order valence-corrected chi connectivity index (χ4v) is 0.670. The Balaban J connectivity index is 2.77. The van der Waals surface area contributed by atoms with E-state index in [0.717, 1.165) is 5.95 Å². The maximum atomic E-state index is 4.06. The smallest absolute Gasteiger partial charge is 0.225 e. The lowest BCUT2D eigenvalue weighted by molar-refractivity contribution is 0.729. The van der Waals surface area contributed by atoms with E-state index in [1.807, 2.05) is 11.9 Å². The molecule has 3 nitrogen and oxygen atoms in total. The Bertz CT molecular complexity index is 208. The highest BCUT2D eigenvalue weighted by molar-refractivity contribution is 5.27. The van der Waals surface area contributed by atoms with Crippen LogP contribution in [0.1, 0.15) is 13.8 Å². The first kappa shape index (κ1) is 7.98. The zero-order valence-corrected chi connectivity index (χ0v) is 7.07. The van der Waals surface area contributed by atoms with Crippen LogP contribution in [0.5, 0.6) is 0 Å². The summed E-state index contributed by atoms with van der Waals surface area (Å²) in [4.78, 5) is 10.1. The molecule has 1 aromatic heterocycles. The van der Waals surface area contributed by atoms with Crippen LogP contribution in [0.15, 0.2) is 12.4 Å². The molecule has 3 heteroatoms. The van der Waals surface area contributed by atoms with Crippen LogP contribution >= 0.6 is 0 Å². The zero-order valence-electron chi connectivity index (χ0n) is 7.07. The molecule has 0 saturated carbocycles. The number of hydrogen-bond donors (Lipinski definition) is 0. The minimum Gasteiger partial charge on any atom is -0.341 e. The summed E-state index contributed by atoms with van der Waals surface area (Å²) in [6, 6.07) is 3.21. The molecule has 0 aromatic carbocycles. The molecule has 0 aliphatic carbocycles. The maximum absolute atomic E-state index is 4.06. The van der Waals surface area contributed by atoms with Crippen LogP contribution in [0.25, 0.3) is 0 Å². The average Bonchev–Trinajstić information content (AvgIpc) is 2.05. The van der Waals surface area contributed by atoms with E-state index in [1.165, 1.54) is 0 Å². The largest absolute Gasteiger partial charge is 0.341 e. The molecule has 0 atom stereocenters. The summed E-state index contributed by atoms with van der Waals surface area (Å²) in [6.07, 6.45) is 3.25. The number of aromatic nitrogens is 2. The van der Waals surface area contributed by atoms with E-state index in [1.54, 1.807) is 12.4 Å². The van der Waals surface area contributed by atoms with Crippen LogP contribution < -0.4 is 4.90 Å². The van der Waals surface area contributed by atoms with E-state index in [0.29, 0.717) is 6.04 Å². The van der Waals surface area contributed by atoms with Gasteiger partial charge >= 0.3 is 0 Å². The molecule has 0 fully saturated rings. The highest BCUT2D eigenvalue weighted by atomic mass is 15.2. The SMILES string of the molecule is CC(C)N(C)c1nc[c]cn1. The van der Waals surface area contributed by atoms with E-state index >= 15 is 0 Å². The molecule has 0 aliphatic rings. The molecule has 0 amide bonds. The van der Waals surface area contributed by atoms with Crippen molar-refractivity contribution in [3.8, 4) is 0 Å². The molecular weight excluding hydrogens is 138 g/mol. The molecule has 0 saturated heterocycles. The first-order valence-electron chi connectivity index (χ1n) is 3.62. The Morgan fingerprint density at radius 3 is 2.36 bits per heavy atom. The standard InChI is InChI=1S/C8H12N3/c1-7(2)11(3)8-9-5-4-6-10-8/h5-7H,1-3H3. The fourth-order valence-electron chi connectivity index (χ4n) is 0.670. The van der Waals surface area contributed by atoms with E-state index in [9.17, 15) is 0 Å². The first-order valence-corrected chi connectivity index (χ1v) is 3.62.